The number of hydrogen-bond donors (Lipinski definition) is 2. The highest BCUT2D eigenvalue weighted by Gasteiger charge is 2.19. The average Bonchev–Trinajstić information content (AvgIpc) is 2.21. The lowest BCUT2D eigenvalue weighted by Crippen LogP contribution is -2.40. The zero-order valence-corrected chi connectivity index (χ0v) is 9.42. The van der Waals surface area contributed by atoms with Crippen LogP contribution >= 0.6 is 0 Å². The molecule has 0 amide bonds. The number of aliphatic imine (C=N–C) groups is 1. The van der Waals surface area contributed by atoms with Crippen LogP contribution < -0.4 is 10.6 Å². The Morgan fingerprint density at radius 1 is 1.73 bits per heavy atom. The lowest BCUT2D eigenvalue weighted by molar-refractivity contribution is -0.121. The molecule has 1 aliphatic rings. The Bertz CT molecular complexity index is 271. The monoisotopic (exact) mass is 209 g/mol. The summed E-state index contributed by atoms with van der Waals surface area (Å²) < 4.78 is 0. The van der Waals surface area contributed by atoms with Gasteiger partial charge in [-0.05, 0) is 13.3 Å². The lowest BCUT2D eigenvalue weighted by Gasteiger charge is -2.17. The lowest BCUT2D eigenvalue weighted by atomic mass is 10.1. The van der Waals surface area contributed by atoms with Gasteiger partial charge in [0.1, 0.15) is 6.04 Å². The third-order valence-electron chi connectivity index (χ3n) is 2.31. The molecule has 0 radical (unpaired) electrons. The Morgan fingerprint density at radius 2 is 2.53 bits per heavy atom. The Kier molecular flexibility index (Phi) is 5.04. The van der Waals surface area contributed by atoms with Gasteiger partial charge in [-0.2, -0.15) is 0 Å². The van der Waals surface area contributed by atoms with Gasteiger partial charge in [0, 0.05) is 25.2 Å². The van der Waals surface area contributed by atoms with Gasteiger partial charge in [-0.15, -0.1) is 0 Å². The Morgan fingerprint density at radius 3 is 3.20 bits per heavy atom. The molecular weight excluding hydrogens is 190 g/mol. The second-order valence-corrected chi connectivity index (χ2v) is 3.65. The SMILES string of the molecule is CC/C=C(\C)NC=NC1CNCCC1=O. The van der Waals surface area contributed by atoms with E-state index in [1.54, 1.807) is 6.34 Å². The standard InChI is InChI=1S/C11H19N3O/c1-3-4-9(2)13-8-14-10-7-12-6-5-11(10)15/h4,8,10,12H,3,5-7H2,1-2H3,(H,13,14)/b9-4+. The molecule has 0 aromatic rings. The molecule has 1 heterocycles. The van der Waals surface area contributed by atoms with Crippen LogP contribution in [0.4, 0.5) is 0 Å². The van der Waals surface area contributed by atoms with Gasteiger partial charge in [-0.1, -0.05) is 13.0 Å². The predicted molar refractivity (Wildman–Crippen MR) is 62.0 cm³/mol. The van der Waals surface area contributed by atoms with Crippen LogP contribution in [-0.4, -0.2) is 31.3 Å². The largest absolute Gasteiger partial charge is 0.351 e. The van der Waals surface area contributed by atoms with Crippen molar-refractivity contribution in [1.29, 1.82) is 0 Å². The first-order chi connectivity index (χ1) is 7.24. The Labute approximate surface area is 90.8 Å². The molecule has 84 valence electrons. The van der Waals surface area contributed by atoms with E-state index in [2.05, 4.69) is 28.6 Å². The number of carbonyl (C=O) groups is 1. The van der Waals surface area contributed by atoms with Crippen molar-refractivity contribution < 1.29 is 4.79 Å². The van der Waals surface area contributed by atoms with Gasteiger partial charge < -0.3 is 10.6 Å². The van der Waals surface area contributed by atoms with Crippen LogP contribution in [0.15, 0.2) is 16.8 Å². The summed E-state index contributed by atoms with van der Waals surface area (Å²) in [5.41, 5.74) is 1.07. The molecule has 0 saturated carbocycles. The number of ketones is 1. The number of Topliss-reactive ketones (excluding diaryl/α,β-unsaturated/α-hetero) is 1. The van der Waals surface area contributed by atoms with Gasteiger partial charge in [0.15, 0.2) is 5.78 Å². The van der Waals surface area contributed by atoms with Crippen LogP contribution in [0.2, 0.25) is 0 Å². The first-order valence-corrected chi connectivity index (χ1v) is 5.42. The summed E-state index contributed by atoms with van der Waals surface area (Å²) in [6.45, 7) is 5.51. The van der Waals surface area contributed by atoms with E-state index in [4.69, 9.17) is 0 Å². The highest BCUT2D eigenvalue weighted by molar-refractivity contribution is 5.86. The molecule has 4 nitrogen and oxygen atoms in total. The molecule has 1 aliphatic heterocycles. The summed E-state index contributed by atoms with van der Waals surface area (Å²) in [5, 5.41) is 6.19. The number of nitrogens with one attached hydrogen (secondary N) is 2. The van der Waals surface area contributed by atoms with Crippen LogP contribution in [0.25, 0.3) is 0 Å². The van der Waals surface area contributed by atoms with Crippen molar-refractivity contribution in [1.82, 2.24) is 10.6 Å². The van der Waals surface area contributed by atoms with Gasteiger partial charge in [0.05, 0.1) is 6.34 Å². The summed E-state index contributed by atoms with van der Waals surface area (Å²) in [6.07, 6.45) is 5.28. The summed E-state index contributed by atoms with van der Waals surface area (Å²) in [6, 6.07) is -0.208. The molecule has 1 fully saturated rings. The Balaban J connectivity index is 2.36. The summed E-state index contributed by atoms with van der Waals surface area (Å²) in [7, 11) is 0. The molecule has 0 aliphatic carbocycles. The molecule has 4 heteroatoms. The van der Waals surface area contributed by atoms with E-state index >= 15 is 0 Å². The minimum atomic E-state index is -0.208. The number of piperidine rings is 1. The summed E-state index contributed by atoms with van der Waals surface area (Å²) in [5.74, 6) is 0.226. The van der Waals surface area contributed by atoms with Crippen LogP contribution in [0, 0.1) is 0 Å². The first kappa shape index (κ1) is 11.9. The molecule has 2 N–H and O–H groups in total. The van der Waals surface area contributed by atoms with E-state index < -0.39 is 0 Å². The summed E-state index contributed by atoms with van der Waals surface area (Å²) in [4.78, 5) is 15.6. The third-order valence-corrected chi connectivity index (χ3v) is 2.31. The fourth-order valence-corrected chi connectivity index (χ4v) is 1.46. The van der Waals surface area contributed by atoms with E-state index in [-0.39, 0.29) is 11.8 Å². The molecule has 0 aromatic heterocycles. The van der Waals surface area contributed by atoms with Crippen LogP contribution in [0.5, 0.6) is 0 Å². The number of nitrogens with zero attached hydrogens (tertiary/aromatic N) is 1. The van der Waals surface area contributed by atoms with Crippen molar-refractivity contribution in [2.75, 3.05) is 13.1 Å². The molecule has 1 atom stereocenters. The molecular formula is C11H19N3O. The molecule has 0 spiro atoms. The van der Waals surface area contributed by atoms with Crippen molar-refractivity contribution in [3.05, 3.63) is 11.8 Å². The van der Waals surface area contributed by atoms with Crippen molar-refractivity contribution in [2.45, 2.75) is 32.7 Å². The number of carbonyl (C=O) groups excluding carboxylic acids is 1. The van der Waals surface area contributed by atoms with Crippen molar-refractivity contribution >= 4 is 12.1 Å². The van der Waals surface area contributed by atoms with E-state index in [9.17, 15) is 4.79 Å². The highest BCUT2D eigenvalue weighted by Crippen LogP contribution is 2.00. The highest BCUT2D eigenvalue weighted by atomic mass is 16.1. The first-order valence-electron chi connectivity index (χ1n) is 5.42. The molecule has 15 heavy (non-hydrogen) atoms. The number of hydrogen-bond acceptors (Lipinski definition) is 3. The van der Waals surface area contributed by atoms with E-state index in [0.29, 0.717) is 13.0 Å². The van der Waals surface area contributed by atoms with Crippen molar-refractivity contribution in [3.8, 4) is 0 Å². The predicted octanol–water partition coefficient (Wildman–Crippen LogP) is 0.849. The second kappa shape index (κ2) is 6.35. The van der Waals surface area contributed by atoms with Crippen LogP contribution in [0.1, 0.15) is 26.7 Å². The fraction of sp³-hybridized carbons (Fsp3) is 0.636. The topological polar surface area (TPSA) is 53.5 Å². The van der Waals surface area contributed by atoms with Gasteiger partial charge in [0.25, 0.3) is 0 Å². The minimum absolute atomic E-state index is 0.208. The molecule has 0 aromatic carbocycles. The van der Waals surface area contributed by atoms with Crippen molar-refractivity contribution in [2.24, 2.45) is 4.99 Å². The van der Waals surface area contributed by atoms with Crippen molar-refractivity contribution in [3.63, 3.8) is 0 Å². The molecule has 1 unspecified atom stereocenters. The van der Waals surface area contributed by atoms with E-state index in [1.807, 2.05) is 6.92 Å². The third kappa shape index (κ3) is 4.25. The molecule has 1 saturated heterocycles. The maximum absolute atomic E-state index is 11.4. The average molecular weight is 209 g/mol. The zero-order valence-electron chi connectivity index (χ0n) is 9.42. The second-order valence-electron chi connectivity index (χ2n) is 3.65. The Hall–Kier alpha value is -1.16. The normalized spacial score (nSPS) is 23.5. The van der Waals surface area contributed by atoms with E-state index in [0.717, 1.165) is 18.7 Å². The smallest absolute Gasteiger partial charge is 0.159 e. The van der Waals surface area contributed by atoms with Crippen LogP contribution in [0.3, 0.4) is 0 Å². The fourth-order valence-electron chi connectivity index (χ4n) is 1.46. The maximum Gasteiger partial charge on any atom is 0.159 e. The zero-order chi connectivity index (χ0) is 11.1. The molecule has 1 rings (SSSR count). The van der Waals surface area contributed by atoms with Gasteiger partial charge in [0.2, 0.25) is 0 Å². The quantitative estimate of drug-likeness (QED) is 0.533. The van der Waals surface area contributed by atoms with E-state index in [1.165, 1.54) is 0 Å². The summed E-state index contributed by atoms with van der Waals surface area (Å²) >= 11 is 0. The maximum atomic E-state index is 11.4. The van der Waals surface area contributed by atoms with Gasteiger partial charge in [-0.3, -0.25) is 9.79 Å². The number of rotatable bonds is 4. The minimum Gasteiger partial charge on any atom is -0.351 e. The van der Waals surface area contributed by atoms with Crippen LogP contribution in [-0.2, 0) is 4.79 Å². The van der Waals surface area contributed by atoms with Gasteiger partial charge >= 0.3 is 0 Å². The number of allylic oxidation sites excluding steroid dienone is 2. The van der Waals surface area contributed by atoms with Gasteiger partial charge in [-0.25, -0.2) is 0 Å². The molecule has 0 bridgehead atoms.